The van der Waals surface area contributed by atoms with Crippen LogP contribution in [0.2, 0.25) is 0 Å². The monoisotopic (exact) mass is 595 g/mol. The number of carbonyl (C=O) groups excluding carboxylic acids is 1. The van der Waals surface area contributed by atoms with Crippen LogP contribution in [0, 0.1) is 6.92 Å². The van der Waals surface area contributed by atoms with E-state index < -0.39 is 12.1 Å². The Morgan fingerprint density at radius 3 is 1.98 bits per heavy atom. The first kappa shape index (κ1) is 33.1. The van der Waals surface area contributed by atoms with Crippen LogP contribution in [0.15, 0.2) is 121 Å². The van der Waals surface area contributed by atoms with Crippen molar-refractivity contribution in [3.63, 3.8) is 0 Å². The molecule has 4 aromatic carbocycles. The molecule has 0 amide bonds. The van der Waals surface area contributed by atoms with Crippen molar-refractivity contribution in [2.24, 2.45) is 0 Å². The van der Waals surface area contributed by atoms with Gasteiger partial charge in [0.2, 0.25) is 0 Å². The predicted molar refractivity (Wildman–Crippen MR) is 170 cm³/mol. The molecule has 44 heavy (non-hydrogen) atoms. The quantitative estimate of drug-likeness (QED) is 0.133. The summed E-state index contributed by atoms with van der Waals surface area (Å²) in [4.78, 5) is 11.7. The number of aryl methyl sites for hydroxylation is 2. The minimum Gasteiger partial charge on any atom is -0.546 e. The van der Waals surface area contributed by atoms with Gasteiger partial charge in [-0.15, -0.1) is 0 Å². The summed E-state index contributed by atoms with van der Waals surface area (Å²) in [5, 5.41) is 11.7. The first-order valence-corrected chi connectivity index (χ1v) is 15.0. The van der Waals surface area contributed by atoms with Gasteiger partial charge in [0.15, 0.2) is 0 Å². The molecule has 0 fully saturated rings. The Kier molecular flexibility index (Phi) is 12.7. The van der Waals surface area contributed by atoms with Crippen molar-refractivity contribution in [3.05, 3.63) is 138 Å². The van der Waals surface area contributed by atoms with Crippen molar-refractivity contribution < 1.29 is 48.9 Å². The Labute approximate surface area is 282 Å². The van der Waals surface area contributed by atoms with Gasteiger partial charge in [-0.2, -0.15) is 0 Å². The van der Waals surface area contributed by atoms with Crippen LogP contribution in [0.4, 0.5) is 0 Å². The van der Waals surface area contributed by atoms with Crippen LogP contribution < -0.4 is 44.1 Å². The number of aliphatic carboxylic acids is 1. The third-order valence-electron chi connectivity index (χ3n) is 7.60. The maximum absolute atomic E-state index is 11.7. The number of aromatic nitrogens is 1. The Hall–Kier alpha value is -3.77. The van der Waals surface area contributed by atoms with E-state index >= 15 is 0 Å². The van der Waals surface area contributed by atoms with Crippen molar-refractivity contribution in [3.8, 4) is 28.4 Å². The minimum absolute atomic E-state index is 0. The van der Waals surface area contributed by atoms with Crippen LogP contribution in [0.1, 0.15) is 42.5 Å². The van der Waals surface area contributed by atoms with Crippen LogP contribution >= 0.6 is 0 Å². The van der Waals surface area contributed by atoms with E-state index in [0.29, 0.717) is 5.75 Å². The van der Waals surface area contributed by atoms with Crippen LogP contribution in [0.5, 0.6) is 11.5 Å². The largest absolute Gasteiger partial charge is 1.00 e. The summed E-state index contributed by atoms with van der Waals surface area (Å²) in [7, 11) is 0. The zero-order valence-electron chi connectivity index (χ0n) is 25.7. The summed E-state index contributed by atoms with van der Waals surface area (Å²) >= 11 is 0. The van der Waals surface area contributed by atoms with Gasteiger partial charge >= 0.3 is 29.6 Å². The van der Waals surface area contributed by atoms with Gasteiger partial charge in [-0.1, -0.05) is 73.5 Å². The van der Waals surface area contributed by atoms with Crippen molar-refractivity contribution in [2.75, 3.05) is 6.61 Å². The molecule has 220 valence electrons. The van der Waals surface area contributed by atoms with E-state index in [1.807, 2.05) is 66.7 Å². The van der Waals surface area contributed by atoms with Gasteiger partial charge in [0.05, 0.1) is 18.3 Å². The first-order valence-electron chi connectivity index (χ1n) is 15.0. The van der Waals surface area contributed by atoms with Gasteiger partial charge in [0.1, 0.15) is 17.6 Å². The summed E-state index contributed by atoms with van der Waals surface area (Å²) in [5.74, 6) is 0.129. The fourth-order valence-electron chi connectivity index (χ4n) is 5.29. The number of rotatable bonds is 15. The molecule has 5 nitrogen and oxygen atoms in total. The second-order valence-corrected chi connectivity index (χ2v) is 10.8. The number of carboxylic acids is 1. The predicted octanol–water partition coefficient (Wildman–Crippen LogP) is 4.38. The van der Waals surface area contributed by atoms with Crippen molar-refractivity contribution in [1.29, 1.82) is 0 Å². The maximum atomic E-state index is 11.7. The summed E-state index contributed by atoms with van der Waals surface area (Å²) in [6, 6.07) is 40.0. The van der Waals surface area contributed by atoms with Gasteiger partial charge < -0.3 is 23.9 Å². The fourth-order valence-corrected chi connectivity index (χ4v) is 5.29. The van der Waals surface area contributed by atoms with Crippen molar-refractivity contribution in [1.82, 2.24) is 4.57 Å². The molecule has 0 aliphatic carbocycles. The van der Waals surface area contributed by atoms with E-state index in [2.05, 4.69) is 66.1 Å². The van der Waals surface area contributed by atoms with Crippen molar-refractivity contribution >= 4 is 5.97 Å². The van der Waals surface area contributed by atoms with Gasteiger partial charge in [-0.25, -0.2) is 0 Å². The Morgan fingerprint density at radius 2 is 1.32 bits per heavy atom. The third-order valence-corrected chi connectivity index (χ3v) is 7.60. The number of hydrogen-bond acceptors (Lipinski definition) is 4. The van der Waals surface area contributed by atoms with Gasteiger partial charge in [-0.05, 0) is 104 Å². The number of nitrogens with zero attached hydrogens (tertiary/aromatic N) is 1. The van der Waals surface area contributed by atoms with E-state index in [9.17, 15) is 9.90 Å². The molecular weight excluding hydrogens is 557 g/mol. The second kappa shape index (κ2) is 16.9. The Balaban J connectivity index is 0.00000442. The van der Waals surface area contributed by atoms with Gasteiger partial charge in [-0.3, -0.25) is 0 Å². The van der Waals surface area contributed by atoms with Gasteiger partial charge in [0, 0.05) is 17.8 Å². The minimum atomic E-state index is -1.23. The molecule has 0 saturated carbocycles. The molecule has 6 heteroatoms. The van der Waals surface area contributed by atoms with E-state index in [-0.39, 0.29) is 36.0 Å². The fraction of sp³-hybridized carbons (Fsp3) is 0.237. The summed E-state index contributed by atoms with van der Waals surface area (Å²) in [6.45, 7) is 2.80. The third kappa shape index (κ3) is 9.36. The van der Waals surface area contributed by atoms with E-state index in [1.165, 1.54) is 24.8 Å². The zero-order valence-corrected chi connectivity index (χ0v) is 27.7. The summed E-state index contributed by atoms with van der Waals surface area (Å²) < 4.78 is 14.0. The molecular formula is C38H38NNaO4. The molecule has 0 bridgehead atoms. The van der Waals surface area contributed by atoms with E-state index in [0.717, 1.165) is 53.4 Å². The van der Waals surface area contributed by atoms with Crippen LogP contribution in [-0.2, 0) is 17.6 Å². The molecule has 0 aliphatic heterocycles. The van der Waals surface area contributed by atoms with Crippen LogP contribution in [0.3, 0.4) is 0 Å². The number of carbonyl (C=O) groups is 1. The van der Waals surface area contributed by atoms with Gasteiger partial charge in [0.25, 0.3) is 0 Å². The molecule has 0 unspecified atom stereocenters. The van der Waals surface area contributed by atoms with Crippen LogP contribution in [-0.4, -0.2) is 23.2 Å². The smallest absolute Gasteiger partial charge is 0.546 e. The second-order valence-electron chi connectivity index (χ2n) is 10.8. The average Bonchev–Trinajstić information content (AvgIpc) is 3.43. The molecule has 5 aromatic rings. The molecule has 1 atom stereocenters. The molecule has 1 heterocycles. The molecule has 1 aromatic heterocycles. The molecule has 0 aliphatic rings. The molecule has 0 spiro atoms. The molecule has 0 radical (unpaired) electrons. The number of benzene rings is 4. The first-order chi connectivity index (χ1) is 21.1. The topological polar surface area (TPSA) is 63.5 Å². The Bertz CT molecular complexity index is 1570. The van der Waals surface area contributed by atoms with Crippen LogP contribution in [0.25, 0.3) is 16.9 Å². The summed E-state index contributed by atoms with van der Waals surface area (Å²) in [5.41, 5.74) is 6.49. The Morgan fingerprint density at radius 1 is 0.705 bits per heavy atom. The maximum Gasteiger partial charge on any atom is 1.00 e. The van der Waals surface area contributed by atoms with E-state index in [4.69, 9.17) is 9.47 Å². The average molecular weight is 596 g/mol. The molecule has 5 rings (SSSR count). The number of unbranched alkanes of at least 4 members (excludes halogenated alkanes) is 3. The molecule has 0 N–H and O–H groups in total. The zero-order chi connectivity index (χ0) is 29.9. The molecule has 0 saturated heterocycles. The SMILES string of the molecule is Cc1ccc(-c2ccc(O[C@H](Cc3ccccc3)C(=O)[O-])cc2)n1-c1ccc(OCCCCCCc2ccccc2)cc1.[Na+]. The number of carboxylic acid groups (broad SMARTS) is 1. The van der Waals surface area contributed by atoms with E-state index in [1.54, 1.807) is 0 Å². The standard InChI is InChI=1S/C38H39NO4.Na/c1-29-17-26-36(32-18-22-35(23-19-32)43-37(38(40)41)28-31-15-9-5-10-16-31)39(29)33-20-24-34(25-21-33)42-27-11-3-2-6-12-30-13-7-4-8-14-30;/h4-5,7-10,13-26,37H,2-3,6,11-12,27-28H2,1H3,(H,40,41);/q;+1/p-1/t37-;/m1./s1. The number of ether oxygens (including phenoxy) is 2. The normalized spacial score (nSPS) is 11.4. The van der Waals surface area contributed by atoms with Crippen molar-refractivity contribution in [2.45, 2.75) is 51.6 Å². The summed E-state index contributed by atoms with van der Waals surface area (Å²) in [6.07, 6.45) is 4.95. The number of hydrogen-bond donors (Lipinski definition) is 0.